The molecule has 10 heavy (non-hydrogen) atoms. The van der Waals surface area contributed by atoms with E-state index < -0.39 is 5.60 Å². The minimum absolute atomic E-state index is 0.00231. The van der Waals surface area contributed by atoms with E-state index in [1.165, 1.54) is 0 Å². The highest BCUT2D eigenvalue weighted by Gasteiger charge is 2.60. The predicted octanol–water partition coefficient (Wildman–Crippen LogP) is 0.736. The summed E-state index contributed by atoms with van der Waals surface area (Å²) in [5.41, 5.74) is -0.586. The van der Waals surface area contributed by atoms with Gasteiger partial charge in [-0.15, -0.1) is 0 Å². The number of carbonyl (C=O) groups excluding carboxylic acids is 1. The average molecular weight is 140 g/mol. The first kappa shape index (κ1) is 6.35. The molecule has 2 aliphatic carbocycles. The third-order valence-electron chi connectivity index (χ3n) is 3.19. The quantitative estimate of drug-likeness (QED) is 0.538. The Kier molecular flexibility index (Phi) is 1.03. The highest BCUT2D eigenvalue weighted by Crippen LogP contribution is 2.51. The summed E-state index contributed by atoms with van der Waals surface area (Å²) in [4.78, 5) is 11.1. The normalized spacial score (nSPS) is 52.4. The van der Waals surface area contributed by atoms with Crippen LogP contribution in [0.5, 0.6) is 0 Å². The Morgan fingerprint density at radius 1 is 1.70 bits per heavy atom. The molecule has 2 saturated carbocycles. The molecular formula is C8H12O2. The van der Waals surface area contributed by atoms with Crippen molar-refractivity contribution in [2.45, 2.75) is 31.8 Å². The van der Waals surface area contributed by atoms with E-state index in [-0.39, 0.29) is 17.6 Å². The molecule has 0 heterocycles. The van der Waals surface area contributed by atoms with Gasteiger partial charge in [-0.2, -0.15) is 0 Å². The van der Waals surface area contributed by atoms with Gasteiger partial charge in [0.25, 0.3) is 0 Å². The first-order valence-electron chi connectivity index (χ1n) is 3.92. The van der Waals surface area contributed by atoms with Crippen LogP contribution >= 0.6 is 0 Å². The molecule has 2 rings (SSSR count). The lowest BCUT2D eigenvalue weighted by atomic mass is 9.62. The first-order chi connectivity index (χ1) is 4.66. The van der Waals surface area contributed by atoms with Crippen LogP contribution in [0.25, 0.3) is 0 Å². The molecule has 2 fully saturated rings. The second-order valence-electron chi connectivity index (χ2n) is 3.56. The van der Waals surface area contributed by atoms with Crippen molar-refractivity contribution in [3.05, 3.63) is 0 Å². The summed E-state index contributed by atoms with van der Waals surface area (Å²) in [6.07, 6.45) is 2.78. The second kappa shape index (κ2) is 1.62. The Morgan fingerprint density at radius 3 is 3.00 bits per heavy atom. The van der Waals surface area contributed by atoms with Gasteiger partial charge in [0.15, 0.2) is 0 Å². The molecule has 1 N–H and O–H groups in total. The van der Waals surface area contributed by atoms with Crippen molar-refractivity contribution in [2.75, 3.05) is 0 Å². The lowest BCUT2D eigenvalue weighted by Gasteiger charge is -2.45. The van der Waals surface area contributed by atoms with Gasteiger partial charge in [0.05, 0.1) is 5.60 Å². The Balaban J connectivity index is 2.26. The van der Waals surface area contributed by atoms with Crippen LogP contribution in [0.4, 0.5) is 0 Å². The maximum atomic E-state index is 11.1. The first-order valence-corrected chi connectivity index (χ1v) is 3.92. The molecule has 56 valence electrons. The molecule has 0 aromatic carbocycles. The van der Waals surface area contributed by atoms with E-state index in [0.29, 0.717) is 0 Å². The fourth-order valence-electron chi connectivity index (χ4n) is 2.37. The van der Waals surface area contributed by atoms with Crippen molar-refractivity contribution < 1.29 is 9.90 Å². The highest BCUT2D eigenvalue weighted by atomic mass is 16.3. The number of carbonyl (C=O) groups is 1. The van der Waals surface area contributed by atoms with Crippen molar-refractivity contribution in [1.29, 1.82) is 0 Å². The van der Waals surface area contributed by atoms with Crippen molar-refractivity contribution in [1.82, 2.24) is 0 Å². The number of hydrogen-bond donors (Lipinski definition) is 1. The fourth-order valence-corrected chi connectivity index (χ4v) is 2.37. The third-order valence-corrected chi connectivity index (χ3v) is 3.19. The highest BCUT2D eigenvalue weighted by molar-refractivity contribution is 5.92. The zero-order valence-corrected chi connectivity index (χ0v) is 6.13. The summed E-state index contributed by atoms with van der Waals surface area (Å²) in [7, 11) is 0. The van der Waals surface area contributed by atoms with Gasteiger partial charge in [0.1, 0.15) is 5.78 Å². The smallest absolute Gasteiger partial charge is 0.144 e. The van der Waals surface area contributed by atoms with Gasteiger partial charge >= 0.3 is 0 Å². The molecule has 0 aliphatic heterocycles. The van der Waals surface area contributed by atoms with Gasteiger partial charge in [-0.3, -0.25) is 4.79 Å². The zero-order chi connectivity index (χ0) is 7.35. The summed E-state index contributed by atoms with van der Waals surface area (Å²) in [5.74, 6) is 0.197. The monoisotopic (exact) mass is 140 g/mol. The molecule has 3 atom stereocenters. The van der Waals surface area contributed by atoms with Crippen molar-refractivity contribution in [2.24, 2.45) is 11.8 Å². The topological polar surface area (TPSA) is 37.3 Å². The molecule has 0 unspecified atom stereocenters. The lowest BCUT2D eigenvalue weighted by molar-refractivity contribution is -0.168. The minimum atomic E-state index is -0.586. The molecule has 0 amide bonds. The van der Waals surface area contributed by atoms with Gasteiger partial charge in [0, 0.05) is 11.8 Å². The number of hydrogen-bond acceptors (Lipinski definition) is 2. The Bertz CT molecular complexity index is 188. The van der Waals surface area contributed by atoms with Crippen LogP contribution in [-0.4, -0.2) is 16.5 Å². The van der Waals surface area contributed by atoms with E-state index in [2.05, 4.69) is 0 Å². The summed E-state index contributed by atoms with van der Waals surface area (Å²) in [5, 5.41) is 9.77. The molecule has 2 nitrogen and oxygen atoms in total. The van der Waals surface area contributed by atoms with Crippen molar-refractivity contribution >= 4 is 5.78 Å². The molecule has 0 aromatic rings. The van der Waals surface area contributed by atoms with Crippen LogP contribution in [0.3, 0.4) is 0 Å². The molecule has 2 heteroatoms. The van der Waals surface area contributed by atoms with E-state index >= 15 is 0 Å². The summed E-state index contributed by atoms with van der Waals surface area (Å²) >= 11 is 0. The number of aliphatic hydroxyl groups is 1. The van der Waals surface area contributed by atoms with Gasteiger partial charge in [-0.25, -0.2) is 0 Å². The van der Waals surface area contributed by atoms with Crippen LogP contribution in [0.1, 0.15) is 26.2 Å². The Hall–Kier alpha value is -0.370. The Labute approximate surface area is 60.2 Å². The maximum absolute atomic E-state index is 11.1. The zero-order valence-electron chi connectivity index (χ0n) is 6.13. The largest absolute Gasteiger partial charge is 0.388 e. The van der Waals surface area contributed by atoms with Gasteiger partial charge in [0.2, 0.25) is 0 Å². The van der Waals surface area contributed by atoms with E-state index in [0.717, 1.165) is 19.3 Å². The standard InChI is InChI=1S/C8H12O2/c1-5-7(9)6-3-2-4-8(5,6)10/h5-6,10H,2-4H2,1H3/t5-,6+,8+/m1/s1. The van der Waals surface area contributed by atoms with E-state index in [1.54, 1.807) is 0 Å². The molecular weight excluding hydrogens is 128 g/mol. The predicted molar refractivity (Wildman–Crippen MR) is 36.5 cm³/mol. The van der Waals surface area contributed by atoms with Crippen molar-refractivity contribution in [3.8, 4) is 0 Å². The SMILES string of the molecule is C[C@@H]1C(=O)[C@@H]2CCC[C@]12O. The van der Waals surface area contributed by atoms with Crippen LogP contribution < -0.4 is 0 Å². The summed E-state index contributed by atoms with van der Waals surface area (Å²) in [6.45, 7) is 1.84. The van der Waals surface area contributed by atoms with Gasteiger partial charge in [-0.1, -0.05) is 6.92 Å². The summed E-state index contributed by atoms with van der Waals surface area (Å²) < 4.78 is 0. The average Bonchev–Trinajstić information content (AvgIpc) is 2.28. The van der Waals surface area contributed by atoms with E-state index in [4.69, 9.17) is 0 Å². The van der Waals surface area contributed by atoms with Gasteiger partial charge in [-0.05, 0) is 19.3 Å². The van der Waals surface area contributed by atoms with Crippen LogP contribution in [0.2, 0.25) is 0 Å². The molecule has 0 aromatic heterocycles. The van der Waals surface area contributed by atoms with E-state index in [1.807, 2.05) is 6.92 Å². The number of rotatable bonds is 0. The molecule has 0 bridgehead atoms. The van der Waals surface area contributed by atoms with Crippen LogP contribution in [0.15, 0.2) is 0 Å². The fraction of sp³-hybridized carbons (Fsp3) is 0.875. The number of ketones is 1. The summed E-state index contributed by atoms with van der Waals surface area (Å²) in [6, 6.07) is 0. The van der Waals surface area contributed by atoms with Crippen LogP contribution in [0, 0.1) is 11.8 Å². The van der Waals surface area contributed by atoms with E-state index in [9.17, 15) is 9.90 Å². The minimum Gasteiger partial charge on any atom is -0.388 e. The molecule has 0 radical (unpaired) electrons. The maximum Gasteiger partial charge on any atom is 0.144 e. The Morgan fingerprint density at radius 2 is 2.40 bits per heavy atom. The number of fused-ring (bicyclic) bond motifs is 1. The molecule has 0 spiro atoms. The second-order valence-corrected chi connectivity index (χ2v) is 3.56. The van der Waals surface area contributed by atoms with Gasteiger partial charge < -0.3 is 5.11 Å². The third kappa shape index (κ3) is 0.473. The molecule has 2 aliphatic rings. The van der Waals surface area contributed by atoms with Crippen molar-refractivity contribution in [3.63, 3.8) is 0 Å². The molecule has 0 saturated heterocycles. The lowest BCUT2D eigenvalue weighted by Crippen LogP contribution is -2.58. The number of Topliss-reactive ketones (excluding diaryl/α,β-unsaturated/α-hetero) is 1. The van der Waals surface area contributed by atoms with Crippen LogP contribution in [-0.2, 0) is 4.79 Å².